The summed E-state index contributed by atoms with van der Waals surface area (Å²) in [5.41, 5.74) is 1.99. The summed E-state index contributed by atoms with van der Waals surface area (Å²) < 4.78 is 5.50. The van der Waals surface area contributed by atoms with Crippen molar-refractivity contribution in [3.63, 3.8) is 0 Å². The lowest BCUT2D eigenvalue weighted by molar-refractivity contribution is -0.142. The Bertz CT molecular complexity index is 1120. The van der Waals surface area contributed by atoms with Gasteiger partial charge in [0.1, 0.15) is 5.60 Å². The number of urea groups is 1. The average Bonchev–Trinajstić information content (AvgIpc) is 3.14. The lowest BCUT2D eigenvalue weighted by Gasteiger charge is -2.36. The molecule has 8 heteroatoms. The van der Waals surface area contributed by atoms with Gasteiger partial charge in [-0.2, -0.15) is 0 Å². The number of aliphatic carboxylic acids is 1. The van der Waals surface area contributed by atoms with Gasteiger partial charge in [-0.05, 0) is 63.4 Å². The van der Waals surface area contributed by atoms with Crippen molar-refractivity contribution >= 4 is 23.8 Å². The van der Waals surface area contributed by atoms with Crippen LogP contribution >= 0.6 is 0 Å². The molecule has 0 saturated carbocycles. The second-order valence-corrected chi connectivity index (χ2v) is 10.7. The first-order valence-electron chi connectivity index (χ1n) is 11.9. The maximum atomic E-state index is 13.1. The Kier molecular flexibility index (Phi) is 6.25. The molecule has 2 aliphatic rings. The van der Waals surface area contributed by atoms with Crippen molar-refractivity contribution in [2.24, 2.45) is 0 Å². The number of carboxylic acids is 1. The predicted octanol–water partition coefficient (Wildman–Crippen LogP) is 4.58. The lowest BCUT2D eigenvalue weighted by Crippen LogP contribution is -2.54. The first kappa shape index (κ1) is 24.6. The summed E-state index contributed by atoms with van der Waals surface area (Å²) in [6, 6.07) is 15.2. The van der Waals surface area contributed by atoms with Crippen molar-refractivity contribution in [2.45, 2.75) is 51.7 Å². The zero-order valence-corrected chi connectivity index (χ0v) is 20.9. The van der Waals surface area contributed by atoms with E-state index < -0.39 is 17.0 Å². The minimum Gasteiger partial charge on any atom is -0.481 e. The number of carboxylic acid groups (broad SMARTS) is 1. The van der Waals surface area contributed by atoms with E-state index in [9.17, 15) is 19.5 Å². The van der Waals surface area contributed by atoms with Gasteiger partial charge in [0.15, 0.2) is 0 Å². The third-order valence-electron chi connectivity index (χ3n) is 6.66. The normalized spacial score (nSPS) is 18.5. The first-order valence-corrected chi connectivity index (χ1v) is 11.9. The van der Waals surface area contributed by atoms with E-state index in [0.29, 0.717) is 26.2 Å². The number of fused-ring (bicyclic) bond motifs is 1. The number of anilines is 1. The van der Waals surface area contributed by atoms with Gasteiger partial charge in [-0.3, -0.25) is 9.69 Å². The molecule has 2 saturated heterocycles. The van der Waals surface area contributed by atoms with Gasteiger partial charge in [0, 0.05) is 31.9 Å². The summed E-state index contributed by atoms with van der Waals surface area (Å²) in [6.07, 6.45) is -0.342. The van der Waals surface area contributed by atoms with Crippen molar-refractivity contribution < 1.29 is 24.2 Å². The molecule has 1 atom stereocenters. The Morgan fingerprint density at radius 2 is 1.46 bits per heavy atom. The summed E-state index contributed by atoms with van der Waals surface area (Å²) in [5.74, 6) is -0.865. The third kappa shape index (κ3) is 4.97. The summed E-state index contributed by atoms with van der Waals surface area (Å²) in [6.45, 7) is 10.8. The van der Waals surface area contributed by atoms with Crippen LogP contribution < -0.4 is 4.90 Å². The Morgan fingerprint density at radius 1 is 0.886 bits per heavy atom. The van der Waals surface area contributed by atoms with Crippen molar-refractivity contribution in [1.82, 2.24) is 9.80 Å². The Balaban J connectivity index is 1.44. The highest BCUT2D eigenvalue weighted by molar-refractivity contribution is 5.95. The predicted molar refractivity (Wildman–Crippen MR) is 134 cm³/mol. The van der Waals surface area contributed by atoms with Crippen molar-refractivity contribution in [2.75, 3.05) is 31.1 Å². The zero-order chi connectivity index (χ0) is 25.5. The van der Waals surface area contributed by atoms with Crippen molar-refractivity contribution in [3.05, 3.63) is 54.1 Å². The number of benzene rings is 2. The standard InChI is InChI=1S/C27H33N3O5/c1-26(2,3)35-25(34)28-14-15-29-22(16-28)17-30(24(29)33)21-12-8-19(9-13-21)18-6-10-20(11-7-18)27(4,5)23(31)32/h6-13,22H,14-17H2,1-5H3,(H,31,32)/t22-/m0/s1. The SMILES string of the molecule is CC(C)(C)OC(=O)N1CCN2C(=O)N(c3ccc(-c4ccc(C(C)(C)C(=O)O)cc4)cc3)C[C@@H]2C1. The average molecular weight is 480 g/mol. The van der Waals surface area contributed by atoms with Crippen LogP contribution in [0, 0.1) is 0 Å². The van der Waals surface area contributed by atoms with Crippen LogP contribution in [0.4, 0.5) is 15.3 Å². The van der Waals surface area contributed by atoms with Crippen LogP contribution in [0.5, 0.6) is 0 Å². The van der Waals surface area contributed by atoms with E-state index in [1.54, 1.807) is 23.6 Å². The van der Waals surface area contributed by atoms with Gasteiger partial charge in [0.05, 0.1) is 11.5 Å². The van der Waals surface area contributed by atoms with Gasteiger partial charge in [0.25, 0.3) is 0 Å². The highest BCUT2D eigenvalue weighted by Crippen LogP contribution is 2.31. The minimum atomic E-state index is -0.955. The molecule has 2 aromatic carbocycles. The molecule has 186 valence electrons. The second kappa shape index (κ2) is 8.91. The molecule has 4 rings (SSSR count). The van der Waals surface area contributed by atoms with Gasteiger partial charge in [-0.15, -0.1) is 0 Å². The number of hydrogen-bond acceptors (Lipinski definition) is 4. The molecule has 2 aliphatic heterocycles. The van der Waals surface area contributed by atoms with Crippen LogP contribution in [0.1, 0.15) is 40.2 Å². The summed E-state index contributed by atoms with van der Waals surface area (Å²) in [7, 11) is 0. The van der Waals surface area contributed by atoms with E-state index in [2.05, 4.69) is 0 Å². The van der Waals surface area contributed by atoms with E-state index in [4.69, 9.17) is 4.74 Å². The smallest absolute Gasteiger partial charge is 0.410 e. The molecule has 2 heterocycles. The van der Waals surface area contributed by atoms with Crippen LogP contribution in [0.3, 0.4) is 0 Å². The molecule has 0 aliphatic carbocycles. The number of ether oxygens (including phenoxy) is 1. The highest BCUT2D eigenvalue weighted by atomic mass is 16.6. The maximum absolute atomic E-state index is 13.1. The molecular formula is C27H33N3O5. The number of hydrogen-bond donors (Lipinski definition) is 1. The molecule has 8 nitrogen and oxygen atoms in total. The zero-order valence-electron chi connectivity index (χ0n) is 20.9. The number of carbonyl (C=O) groups excluding carboxylic acids is 2. The fourth-order valence-corrected chi connectivity index (χ4v) is 4.45. The lowest BCUT2D eigenvalue weighted by atomic mass is 9.84. The molecule has 0 radical (unpaired) electrons. The van der Waals surface area contributed by atoms with E-state index >= 15 is 0 Å². The fourth-order valence-electron chi connectivity index (χ4n) is 4.45. The number of amides is 3. The quantitative estimate of drug-likeness (QED) is 0.693. The molecular weight excluding hydrogens is 446 g/mol. The summed E-state index contributed by atoms with van der Waals surface area (Å²) in [5, 5.41) is 9.44. The molecule has 2 aromatic rings. The Hall–Kier alpha value is -3.55. The fraction of sp³-hybridized carbons (Fsp3) is 0.444. The monoisotopic (exact) mass is 479 g/mol. The molecule has 0 unspecified atom stereocenters. The van der Waals surface area contributed by atoms with Gasteiger partial charge in [0.2, 0.25) is 0 Å². The Labute approximate surface area is 206 Å². The first-order chi connectivity index (χ1) is 16.4. The topological polar surface area (TPSA) is 90.4 Å². The second-order valence-electron chi connectivity index (χ2n) is 10.7. The maximum Gasteiger partial charge on any atom is 0.410 e. The number of piperazine rings is 1. The summed E-state index contributed by atoms with van der Waals surface area (Å²) in [4.78, 5) is 42.3. The van der Waals surface area contributed by atoms with Crippen LogP contribution in [-0.4, -0.2) is 70.8 Å². The van der Waals surface area contributed by atoms with Gasteiger partial charge in [-0.25, -0.2) is 9.59 Å². The minimum absolute atomic E-state index is 0.0492. The summed E-state index contributed by atoms with van der Waals surface area (Å²) >= 11 is 0. The van der Waals surface area contributed by atoms with Gasteiger partial charge >= 0.3 is 18.1 Å². The molecule has 35 heavy (non-hydrogen) atoms. The van der Waals surface area contributed by atoms with Gasteiger partial charge < -0.3 is 19.6 Å². The van der Waals surface area contributed by atoms with E-state index in [1.165, 1.54) is 0 Å². The molecule has 2 fully saturated rings. The van der Waals surface area contributed by atoms with Crippen LogP contribution in [0.25, 0.3) is 11.1 Å². The number of carbonyl (C=O) groups is 3. The largest absolute Gasteiger partial charge is 0.481 e. The van der Waals surface area contributed by atoms with Crippen molar-refractivity contribution in [1.29, 1.82) is 0 Å². The van der Waals surface area contributed by atoms with Crippen LogP contribution in [0.15, 0.2) is 48.5 Å². The van der Waals surface area contributed by atoms with E-state index in [1.807, 2.05) is 74.2 Å². The molecule has 3 amide bonds. The van der Waals surface area contributed by atoms with E-state index in [-0.39, 0.29) is 18.2 Å². The van der Waals surface area contributed by atoms with E-state index in [0.717, 1.165) is 22.4 Å². The molecule has 1 N–H and O–H groups in total. The number of nitrogens with zero attached hydrogens (tertiary/aromatic N) is 3. The molecule has 0 bridgehead atoms. The highest BCUT2D eigenvalue weighted by Gasteiger charge is 2.42. The van der Waals surface area contributed by atoms with Crippen LogP contribution in [0.2, 0.25) is 0 Å². The van der Waals surface area contributed by atoms with Gasteiger partial charge in [-0.1, -0.05) is 36.4 Å². The molecule has 0 spiro atoms. The molecule has 0 aromatic heterocycles. The van der Waals surface area contributed by atoms with Crippen LogP contribution in [-0.2, 0) is 14.9 Å². The Morgan fingerprint density at radius 3 is 2.00 bits per heavy atom. The number of rotatable bonds is 4. The van der Waals surface area contributed by atoms with Crippen molar-refractivity contribution in [3.8, 4) is 11.1 Å². The third-order valence-corrected chi connectivity index (χ3v) is 6.66.